The zero-order chi connectivity index (χ0) is 20.0. The van der Waals surface area contributed by atoms with Crippen LogP contribution in [0.15, 0.2) is 48.5 Å². The summed E-state index contributed by atoms with van der Waals surface area (Å²) in [6.45, 7) is 3.51. The van der Waals surface area contributed by atoms with Crippen molar-refractivity contribution in [3.63, 3.8) is 0 Å². The maximum Gasteiger partial charge on any atom is 0.251 e. The van der Waals surface area contributed by atoms with Gasteiger partial charge in [0.25, 0.3) is 5.91 Å². The van der Waals surface area contributed by atoms with E-state index in [1.165, 1.54) is 10.6 Å². The number of sulfonamides is 1. The molecule has 6 nitrogen and oxygen atoms in total. The van der Waals surface area contributed by atoms with Crippen molar-refractivity contribution in [2.45, 2.75) is 13.5 Å². The molecule has 0 unspecified atom stereocenters. The molecule has 0 aromatic heterocycles. The molecule has 0 radical (unpaired) electrons. The van der Waals surface area contributed by atoms with Gasteiger partial charge in [-0.3, -0.25) is 9.10 Å². The van der Waals surface area contributed by atoms with Gasteiger partial charge in [0, 0.05) is 18.7 Å². The predicted octanol–water partition coefficient (Wildman–Crippen LogP) is 2.25. The van der Waals surface area contributed by atoms with E-state index in [9.17, 15) is 13.2 Å². The van der Waals surface area contributed by atoms with E-state index < -0.39 is 10.0 Å². The molecule has 0 saturated heterocycles. The van der Waals surface area contributed by atoms with Gasteiger partial charge in [-0.2, -0.15) is 0 Å². The van der Waals surface area contributed by atoms with Gasteiger partial charge in [0.15, 0.2) is 0 Å². The quantitative estimate of drug-likeness (QED) is 0.752. The maximum absolute atomic E-state index is 12.3. The molecule has 0 aliphatic carbocycles. The molecule has 0 atom stereocenters. The molecule has 2 aromatic carbocycles. The van der Waals surface area contributed by atoms with Crippen molar-refractivity contribution in [2.75, 3.05) is 37.7 Å². The van der Waals surface area contributed by atoms with Crippen LogP contribution in [0, 0.1) is 6.92 Å². The Hall–Kier alpha value is -2.38. The highest BCUT2D eigenvalue weighted by Crippen LogP contribution is 2.22. The zero-order valence-electron chi connectivity index (χ0n) is 16.3. The van der Waals surface area contributed by atoms with E-state index in [1.54, 1.807) is 24.3 Å². The fourth-order valence-corrected chi connectivity index (χ4v) is 3.49. The summed E-state index contributed by atoms with van der Waals surface area (Å²) in [7, 11) is 0.417. The fourth-order valence-electron chi connectivity index (χ4n) is 2.62. The second kappa shape index (κ2) is 9.01. The standard InChI is InChI=1S/C20H27N3O3S/c1-16-7-5-6-8-18(16)15-23(27(4,25)26)19-11-9-17(10-12-19)20(24)21-13-14-22(2)3/h5-12H,13-15H2,1-4H3,(H,21,24). The smallest absolute Gasteiger partial charge is 0.251 e. The van der Waals surface area contributed by atoms with Crippen LogP contribution in [-0.2, 0) is 16.6 Å². The summed E-state index contributed by atoms with van der Waals surface area (Å²) in [4.78, 5) is 14.2. The van der Waals surface area contributed by atoms with Gasteiger partial charge in [0.2, 0.25) is 10.0 Å². The number of amides is 1. The molecule has 2 rings (SSSR count). The van der Waals surface area contributed by atoms with Crippen LogP contribution in [0.25, 0.3) is 0 Å². The van der Waals surface area contributed by atoms with Crippen LogP contribution in [0.1, 0.15) is 21.5 Å². The van der Waals surface area contributed by atoms with Gasteiger partial charge in [-0.15, -0.1) is 0 Å². The SMILES string of the molecule is Cc1ccccc1CN(c1ccc(C(=O)NCCN(C)C)cc1)S(C)(=O)=O. The summed E-state index contributed by atoms with van der Waals surface area (Å²) in [6, 6.07) is 14.3. The normalized spacial score (nSPS) is 11.4. The monoisotopic (exact) mass is 389 g/mol. The highest BCUT2D eigenvalue weighted by atomic mass is 32.2. The van der Waals surface area contributed by atoms with E-state index >= 15 is 0 Å². The molecule has 146 valence electrons. The molecule has 1 amide bonds. The lowest BCUT2D eigenvalue weighted by molar-refractivity contribution is 0.0951. The second-order valence-electron chi connectivity index (χ2n) is 6.80. The number of nitrogens with zero attached hydrogens (tertiary/aromatic N) is 2. The van der Waals surface area contributed by atoms with Crippen LogP contribution in [-0.4, -0.2) is 52.7 Å². The molecule has 7 heteroatoms. The second-order valence-corrected chi connectivity index (χ2v) is 8.71. The first-order valence-electron chi connectivity index (χ1n) is 8.73. The molecule has 0 spiro atoms. The maximum atomic E-state index is 12.3. The van der Waals surface area contributed by atoms with Crippen molar-refractivity contribution < 1.29 is 13.2 Å². The van der Waals surface area contributed by atoms with E-state index in [0.717, 1.165) is 17.7 Å². The minimum absolute atomic E-state index is 0.173. The molecular formula is C20H27N3O3S. The molecule has 1 N–H and O–H groups in total. The highest BCUT2D eigenvalue weighted by Gasteiger charge is 2.19. The number of hydrogen-bond acceptors (Lipinski definition) is 4. The first kappa shape index (κ1) is 20.9. The Labute approximate surface area is 161 Å². The third-order valence-corrected chi connectivity index (χ3v) is 5.38. The predicted molar refractivity (Wildman–Crippen MR) is 110 cm³/mol. The average Bonchev–Trinajstić information content (AvgIpc) is 2.60. The van der Waals surface area contributed by atoms with Crippen molar-refractivity contribution >= 4 is 21.6 Å². The molecule has 0 saturated carbocycles. The first-order valence-corrected chi connectivity index (χ1v) is 10.6. The molecule has 0 bridgehead atoms. The van der Waals surface area contributed by atoms with Gasteiger partial charge in [0.1, 0.15) is 0 Å². The number of carbonyl (C=O) groups excluding carboxylic acids is 1. The van der Waals surface area contributed by atoms with Gasteiger partial charge in [-0.1, -0.05) is 24.3 Å². The van der Waals surface area contributed by atoms with Crippen molar-refractivity contribution in [3.05, 3.63) is 65.2 Å². The Kier molecular flexibility index (Phi) is 6.98. The zero-order valence-corrected chi connectivity index (χ0v) is 17.1. The van der Waals surface area contributed by atoms with E-state index in [0.29, 0.717) is 17.8 Å². The Morgan fingerprint density at radius 3 is 2.22 bits per heavy atom. The lowest BCUT2D eigenvalue weighted by Gasteiger charge is -2.23. The van der Waals surface area contributed by atoms with Gasteiger partial charge in [-0.05, 0) is 56.4 Å². The lowest BCUT2D eigenvalue weighted by Crippen LogP contribution is -2.31. The van der Waals surface area contributed by atoms with Crippen molar-refractivity contribution in [1.82, 2.24) is 10.2 Å². The molecular weight excluding hydrogens is 362 g/mol. The summed E-state index contributed by atoms with van der Waals surface area (Å²) >= 11 is 0. The molecule has 27 heavy (non-hydrogen) atoms. The van der Waals surface area contributed by atoms with Crippen LogP contribution in [0.4, 0.5) is 5.69 Å². The van der Waals surface area contributed by atoms with Crippen LogP contribution < -0.4 is 9.62 Å². The van der Waals surface area contributed by atoms with Crippen molar-refractivity contribution in [2.24, 2.45) is 0 Å². The number of nitrogens with one attached hydrogen (secondary N) is 1. The summed E-state index contributed by atoms with van der Waals surface area (Å²) in [5, 5.41) is 2.84. The van der Waals surface area contributed by atoms with Gasteiger partial charge in [-0.25, -0.2) is 8.42 Å². The number of anilines is 1. The van der Waals surface area contributed by atoms with Crippen LogP contribution in [0.2, 0.25) is 0 Å². The Balaban J connectivity index is 2.18. The number of benzene rings is 2. The van der Waals surface area contributed by atoms with Crippen molar-refractivity contribution in [1.29, 1.82) is 0 Å². The Morgan fingerprint density at radius 1 is 1.04 bits per heavy atom. The van der Waals surface area contributed by atoms with Gasteiger partial charge >= 0.3 is 0 Å². The first-order chi connectivity index (χ1) is 12.7. The van der Waals surface area contributed by atoms with Crippen LogP contribution >= 0.6 is 0 Å². The molecule has 0 heterocycles. The third kappa shape index (κ3) is 6.08. The molecule has 0 aliphatic rings. The summed E-state index contributed by atoms with van der Waals surface area (Å²) < 4.78 is 26.0. The number of likely N-dealkylation sites (N-methyl/N-ethyl adjacent to an activating group) is 1. The number of aryl methyl sites for hydroxylation is 1. The molecule has 0 aliphatic heterocycles. The Morgan fingerprint density at radius 2 is 1.67 bits per heavy atom. The summed E-state index contributed by atoms with van der Waals surface area (Å²) in [5.74, 6) is -0.173. The van der Waals surface area contributed by atoms with Crippen LogP contribution in [0.5, 0.6) is 0 Å². The van der Waals surface area contributed by atoms with E-state index in [4.69, 9.17) is 0 Å². The van der Waals surface area contributed by atoms with Gasteiger partial charge < -0.3 is 10.2 Å². The van der Waals surface area contributed by atoms with Crippen LogP contribution in [0.3, 0.4) is 0 Å². The van der Waals surface area contributed by atoms with E-state index in [-0.39, 0.29) is 12.5 Å². The number of carbonyl (C=O) groups is 1. The molecule has 2 aromatic rings. The van der Waals surface area contributed by atoms with E-state index in [2.05, 4.69) is 5.32 Å². The minimum Gasteiger partial charge on any atom is -0.351 e. The van der Waals surface area contributed by atoms with Gasteiger partial charge in [0.05, 0.1) is 18.5 Å². The Bertz CT molecular complexity index is 878. The fraction of sp³-hybridized carbons (Fsp3) is 0.350. The summed E-state index contributed by atoms with van der Waals surface area (Å²) in [5.41, 5.74) is 3.00. The average molecular weight is 390 g/mol. The highest BCUT2D eigenvalue weighted by molar-refractivity contribution is 7.92. The van der Waals surface area contributed by atoms with E-state index in [1.807, 2.05) is 50.2 Å². The summed E-state index contributed by atoms with van der Waals surface area (Å²) in [6.07, 6.45) is 1.19. The molecule has 0 fully saturated rings. The number of hydrogen-bond donors (Lipinski definition) is 1. The largest absolute Gasteiger partial charge is 0.351 e. The minimum atomic E-state index is -3.46. The lowest BCUT2D eigenvalue weighted by atomic mass is 10.1. The third-order valence-electron chi connectivity index (χ3n) is 4.24. The van der Waals surface area contributed by atoms with Crippen molar-refractivity contribution in [3.8, 4) is 0 Å². The number of rotatable bonds is 8. The topological polar surface area (TPSA) is 69.7 Å².